The summed E-state index contributed by atoms with van der Waals surface area (Å²) in [5.74, 6) is 0.0272. The third-order valence-electron chi connectivity index (χ3n) is 7.11. The van der Waals surface area contributed by atoms with Gasteiger partial charge in [0.25, 0.3) is 5.91 Å². The van der Waals surface area contributed by atoms with E-state index in [0.29, 0.717) is 48.6 Å². The highest BCUT2D eigenvalue weighted by Gasteiger charge is 2.35. The van der Waals surface area contributed by atoms with Crippen LogP contribution in [0, 0.1) is 13.8 Å². The first kappa shape index (κ1) is 27.5. The Hall–Kier alpha value is -4.65. The number of alkyl halides is 3. The van der Waals surface area contributed by atoms with Gasteiger partial charge in [0.2, 0.25) is 11.8 Å². The number of hydrogen-bond donors (Lipinski definition) is 3. The lowest BCUT2D eigenvalue weighted by Gasteiger charge is -2.23. The monoisotopic (exact) mass is 580 g/mol. The summed E-state index contributed by atoms with van der Waals surface area (Å²) in [6, 6.07) is 7.11. The highest BCUT2D eigenvalue weighted by Crippen LogP contribution is 2.40. The second-order valence-electron chi connectivity index (χ2n) is 10.0. The van der Waals surface area contributed by atoms with Crippen LogP contribution >= 0.6 is 0 Å². The maximum Gasteiger partial charge on any atom is 0.418 e. The molecule has 218 valence electrons. The minimum Gasteiger partial charge on any atom is -0.474 e. The molecule has 3 aromatic heterocycles. The Balaban J connectivity index is 1.46. The number of carbonyl (C=O) groups excluding carboxylic acids is 1. The first-order valence-corrected chi connectivity index (χ1v) is 13.3. The number of nitrogens with one attached hydrogen (secondary N) is 3. The van der Waals surface area contributed by atoms with Gasteiger partial charge >= 0.3 is 6.18 Å². The van der Waals surface area contributed by atoms with E-state index >= 15 is 0 Å². The molecule has 1 aliphatic heterocycles. The van der Waals surface area contributed by atoms with Crippen LogP contribution in [0.4, 0.5) is 24.8 Å². The molecule has 0 aliphatic carbocycles. The molecule has 42 heavy (non-hydrogen) atoms. The maximum absolute atomic E-state index is 14.0. The molecule has 1 saturated heterocycles. The first-order chi connectivity index (χ1) is 20.1. The number of carbonyl (C=O) groups is 1. The molecular weight excluding hydrogens is 553 g/mol. The average Bonchev–Trinajstić information content (AvgIpc) is 3.56. The number of H-pyrrole nitrogens is 1. The summed E-state index contributed by atoms with van der Waals surface area (Å²) in [5.41, 5.74) is 2.77. The molecule has 4 heterocycles. The van der Waals surface area contributed by atoms with Crippen LogP contribution in [0.5, 0.6) is 5.88 Å². The molecular formula is C29H27F3N6O4. The number of hydrogen-bond acceptors (Lipinski definition) is 8. The van der Waals surface area contributed by atoms with E-state index < -0.39 is 17.6 Å². The second kappa shape index (κ2) is 10.6. The van der Waals surface area contributed by atoms with Gasteiger partial charge in [-0.2, -0.15) is 23.1 Å². The molecule has 0 atom stereocenters. The normalized spacial score (nSPS) is 14.4. The smallest absolute Gasteiger partial charge is 0.418 e. The molecule has 0 unspecified atom stereocenters. The highest BCUT2D eigenvalue weighted by molar-refractivity contribution is 6.00. The molecule has 1 amide bonds. The number of aromatic nitrogens is 4. The number of benzene rings is 2. The quantitative estimate of drug-likeness (QED) is 0.221. The molecule has 0 radical (unpaired) electrons. The maximum atomic E-state index is 14.0. The van der Waals surface area contributed by atoms with Gasteiger partial charge < -0.3 is 29.5 Å². The molecule has 0 bridgehead atoms. The van der Waals surface area contributed by atoms with Crippen LogP contribution in [0.25, 0.3) is 33.3 Å². The third kappa shape index (κ3) is 5.22. The summed E-state index contributed by atoms with van der Waals surface area (Å²) in [6.07, 6.45) is -1.92. The Labute approximate surface area is 237 Å². The van der Waals surface area contributed by atoms with Gasteiger partial charge in [0, 0.05) is 44.1 Å². The van der Waals surface area contributed by atoms with E-state index in [1.54, 1.807) is 13.1 Å². The molecule has 13 heteroatoms. The lowest BCUT2D eigenvalue weighted by atomic mass is 10.0. The van der Waals surface area contributed by atoms with Crippen molar-refractivity contribution in [3.05, 3.63) is 59.1 Å². The summed E-state index contributed by atoms with van der Waals surface area (Å²) in [6.45, 7) is 4.77. The molecule has 6 rings (SSSR count). The molecule has 3 N–H and O–H groups in total. The molecule has 1 aliphatic rings. The van der Waals surface area contributed by atoms with Crippen LogP contribution in [-0.2, 0) is 10.9 Å². The van der Waals surface area contributed by atoms with Gasteiger partial charge in [0.1, 0.15) is 17.3 Å². The van der Waals surface area contributed by atoms with Gasteiger partial charge in [-0.15, -0.1) is 0 Å². The van der Waals surface area contributed by atoms with Crippen molar-refractivity contribution in [1.82, 2.24) is 25.3 Å². The van der Waals surface area contributed by atoms with Gasteiger partial charge in [-0.1, -0.05) is 0 Å². The fourth-order valence-corrected chi connectivity index (χ4v) is 5.08. The third-order valence-corrected chi connectivity index (χ3v) is 7.11. The standard InChI is InChI=1S/C29H27F3N6O4/c1-14-10-17(12-22-24(14)35-15(2)41-22)19-13-34-25-23(19)27(42-18-6-8-40-9-7-18)38-28(37-25)36-21-5-4-16(26(39)33-3)11-20(21)29(30,31)32/h4-5,10-13,18H,6-9H2,1-3H3,(H,33,39)(H2,34,36,37,38). The predicted octanol–water partition coefficient (Wildman–Crippen LogP) is 6.06. The number of nitrogens with zero attached hydrogens (tertiary/aromatic N) is 3. The van der Waals surface area contributed by atoms with Gasteiger partial charge in [-0.25, -0.2) is 4.98 Å². The van der Waals surface area contributed by atoms with Crippen LogP contribution in [0.1, 0.15) is 40.2 Å². The number of fused-ring (bicyclic) bond motifs is 2. The Morgan fingerprint density at radius 1 is 1.10 bits per heavy atom. The molecule has 0 spiro atoms. The summed E-state index contributed by atoms with van der Waals surface area (Å²) < 4.78 is 59.6. The van der Waals surface area contributed by atoms with Crippen molar-refractivity contribution in [3.8, 4) is 17.0 Å². The van der Waals surface area contributed by atoms with Crippen molar-refractivity contribution in [2.24, 2.45) is 0 Å². The zero-order valence-electron chi connectivity index (χ0n) is 23.0. The van der Waals surface area contributed by atoms with Crippen LogP contribution in [-0.4, -0.2) is 52.2 Å². The van der Waals surface area contributed by atoms with Crippen LogP contribution < -0.4 is 15.4 Å². The van der Waals surface area contributed by atoms with E-state index in [4.69, 9.17) is 13.9 Å². The molecule has 5 aromatic rings. The number of aryl methyl sites for hydroxylation is 2. The zero-order chi connectivity index (χ0) is 29.6. The van der Waals surface area contributed by atoms with Crippen molar-refractivity contribution in [3.63, 3.8) is 0 Å². The molecule has 0 saturated carbocycles. The van der Waals surface area contributed by atoms with E-state index in [-0.39, 0.29) is 29.2 Å². The van der Waals surface area contributed by atoms with Crippen LogP contribution in [0.3, 0.4) is 0 Å². The zero-order valence-corrected chi connectivity index (χ0v) is 23.0. The number of ether oxygens (including phenoxy) is 2. The van der Waals surface area contributed by atoms with Gasteiger partial charge in [0.05, 0.1) is 29.9 Å². The number of anilines is 2. The second-order valence-corrected chi connectivity index (χ2v) is 10.0. The fourth-order valence-electron chi connectivity index (χ4n) is 5.08. The summed E-state index contributed by atoms with van der Waals surface area (Å²) in [7, 11) is 1.35. The van der Waals surface area contributed by atoms with Crippen molar-refractivity contribution in [2.45, 2.75) is 39.0 Å². The Bertz CT molecular complexity index is 1810. The van der Waals surface area contributed by atoms with Crippen LogP contribution in [0.15, 0.2) is 40.9 Å². The lowest BCUT2D eigenvalue weighted by molar-refractivity contribution is -0.136. The average molecular weight is 581 g/mol. The Morgan fingerprint density at radius 2 is 1.88 bits per heavy atom. The van der Waals surface area contributed by atoms with Gasteiger partial charge in [0.15, 0.2) is 11.5 Å². The molecule has 1 fully saturated rings. The van der Waals surface area contributed by atoms with Crippen LogP contribution in [0.2, 0.25) is 0 Å². The van der Waals surface area contributed by atoms with Crippen molar-refractivity contribution < 1.29 is 31.9 Å². The van der Waals surface area contributed by atoms with Gasteiger partial charge in [-0.3, -0.25) is 4.79 Å². The SMILES string of the molecule is CNC(=O)c1ccc(Nc2nc(OC3CCOCC3)c3c(-c4cc(C)c5nc(C)oc5c4)c[nH]c3n2)c(C(F)(F)F)c1. The van der Waals surface area contributed by atoms with Crippen molar-refractivity contribution in [2.75, 3.05) is 25.6 Å². The Kier molecular flexibility index (Phi) is 6.97. The number of oxazole rings is 1. The summed E-state index contributed by atoms with van der Waals surface area (Å²) in [4.78, 5) is 28.6. The van der Waals surface area contributed by atoms with Crippen molar-refractivity contribution in [1.29, 1.82) is 0 Å². The van der Waals surface area contributed by atoms with Gasteiger partial charge in [-0.05, 0) is 48.4 Å². The highest BCUT2D eigenvalue weighted by atomic mass is 19.4. The molecule has 2 aromatic carbocycles. The van der Waals surface area contributed by atoms with E-state index in [1.165, 1.54) is 19.2 Å². The van der Waals surface area contributed by atoms with E-state index in [2.05, 4.69) is 30.6 Å². The minimum atomic E-state index is -4.74. The topological polar surface area (TPSA) is 127 Å². The minimum absolute atomic E-state index is 0.103. The number of amides is 1. The van der Waals surface area contributed by atoms with Crippen molar-refractivity contribution >= 4 is 39.7 Å². The number of rotatable bonds is 6. The Morgan fingerprint density at radius 3 is 2.62 bits per heavy atom. The van der Waals surface area contributed by atoms with E-state index in [0.717, 1.165) is 28.3 Å². The lowest BCUT2D eigenvalue weighted by Crippen LogP contribution is -2.26. The van der Waals surface area contributed by atoms with E-state index in [9.17, 15) is 18.0 Å². The summed E-state index contributed by atoms with van der Waals surface area (Å²) >= 11 is 0. The number of aromatic amines is 1. The fraction of sp³-hybridized carbons (Fsp3) is 0.310. The first-order valence-electron chi connectivity index (χ1n) is 13.3. The van der Waals surface area contributed by atoms with E-state index in [1.807, 2.05) is 19.1 Å². The molecule has 10 nitrogen and oxygen atoms in total. The summed E-state index contributed by atoms with van der Waals surface area (Å²) in [5, 5.41) is 5.61. The predicted molar refractivity (Wildman–Crippen MR) is 149 cm³/mol. The largest absolute Gasteiger partial charge is 0.474 e. The number of halogens is 3.